The van der Waals surface area contributed by atoms with Crippen molar-refractivity contribution in [1.82, 2.24) is 19.7 Å². The summed E-state index contributed by atoms with van der Waals surface area (Å²) in [5.41, 5.74) is 2.71. The van der Waals surface area contributed by atoms with E-state index >= 15 is 0 Å². The number of rotatable bonds is 6. The van der Waals surface area contributed by atoms with Gasteiger partial charge in [-0.25, -0.2) is 4.98 Å². The van der Waals surface area contributed by atoms with Crippen LogP contribution < -0.4 is 0 Å². The molecule has 0 amide bonds. The summed E-state index contributed by atoms with van der Waals surface area (Å²) in [6.07, 6.45) is 0. The van der Waals surface area contributed by atoms with Crippen LogP contribution >= 0.6 is 11.8 Å². The van der Waals surface area contributed by atoms with Crippen molar-refractivity contribution >= 4 is 28.5 Å². The highest BCUT2D eigenvalue weighted by atomic mass is 32.2. The summed E-state index contributed by atoms with van der Waals surface area (Å²) in [7, 11) is 0. The van der Waals surface area contributed by atoms with E-state index in [9.17, 15) is 10.1 Å². The number of hydrogen-bond acceptors (Lipinski definition) is 7. The number of aromatic nitrogens is 4. The highest BCUT2D eigenvalue weighted by Gasteiger charge is 2.20. The van der Waals surface area contributed by atoms with Gasteiger partial charge in [-0.1, -0.05) is 23.9 Å². The van der Waals surface area contributed by atoms with Crippen LogP contribution in [0, 0.1) is 10.1 Å². The molecule has 0 unspecified atom stereocenters. The van der Waals surface area contributed by atoms with E-state index in [1.807, 2.05) is 25.1 Å². The third-order valence-corrected chi connectivity index (χ3v) is 5.41. The molecule has 2 aromatic heterocycles. The molecule has 1 atom stereocenters. The molecule has 0 fully saturated rings. The van der Waals surface area contributed by atoms with Crippen molar-refractivity contribution in [3.8, 4) is 11.5 Å². The Morgan fingerprint density at radius 2 is 1.93 bits per heavy atom. The van der Waals surface area contributed by atoms with Gasteiger partial charge in [0.25, 0.3) is 5.69 Å². The van der Waals surface area contributed by atoms with E-state index < -0.39 is 4.92 Å². The second-order valence-corrected chi connectivity index (χ2v) is 7.44. The maximum absolute atomic E-state index is 10.8. The zero-order chi connectivity index (χ0) is 19.7. The molecule has 0 spiro atoms. The van der Waals surface area contributed by atoms with Crippen LogP contribution in [0.3, 0.4) is 0 Å². The molecule has 0 saturated heterocycles. The number of nitro groups is 1. The number of benzene rings is 2. The average molecular weight is 395 g/mol. The smallest absolute Gasteiger partial charge is 0.269 e. The van der Waals surface area contributed by atoms with Gasteiger partial charge < -0.3 is 8.98 Å². The summed E-state index contributed by atoms with van der Waals surface area (Å²) in [5, 5.41) is 19.8. The van der Waals surface area contributed by atoms with Crippen molar-refractivity contribution < 1.29 is 9.34 Å². The van der Waals surface area contributed by atoms with Crippen LogP contribution in [0.25, 0.3) is 22.5 Å². The highest BCUT2D eigenvalue weighted by molar-refractivity contribution is 7.99. The lowest BCUT2D eigenvalue weighted by Crippen LogP contribution is -1.98. The molecule has 2 heterocycles. The second kappa shape index (κ2) is 7.43. The fourth-order valence-electron chi connectivity index (χ4n) is 2.90. The van der Waals surface area contributed by atoms with Crippen molar-refractivity contribution in [2.24, 2.45) is 0 Å². The van der Waals surface area contributed by atoms with Crippen molar-refractivity contribution in [3.63, 3.8) is 0 Å². The van der Waals surface area contributed by atoms with Crippen LogP contribution in [0.4, 0.5) is 5.69 Å². The second-order valence-electron chi connectivity index (χ2n) is 6.14. The van der Waals surface area contributed by atoms with Gasteiger partial charge in [-0.3, -0.25) is 10.1 Å². The monoisotopic (exact) mass is 395 g/mol. The number of nitrogens with zero attached hydrogens (tertiary/aromatic N) is 5. The molecule has 9 heteroatoms. The Morgan fingerprint density at radius 3 is 2.64 bits per heavy atom. The Morgan fingerprint density at radius 1 is 1.18 bits per heavy atom. The predicted octanol–water partition coefficient (Wildman–Crippen LogP) is 4.87. The quantitative estimate of drug-likeness (QED) is 0.261. The van der Waals surface area contributed by atoms with Crippen LogP contribution in [0.1, 0.15) is 25.0 Å². The topological polar surface area (TPSA) is 99.9 Å². The molecule has 2 aromatic carbocycles. The maximum Gasteiger partial charge on any atom is 0.269 e. The van der Waals surface area contributed by atoms with Gasteiger partial charge in [0.2, 0.25) is 11.8 Å². The Kier molecular flexibility index (Phi) is 4.82. The Balaban J connectivity index is 1.56. The molecule has 142 valence electrons. The first-order valence-electron chi connectivity index (χ1n) is 8.77. The highest BCUT2D eigenvalue weighted by Crippen LogP contribution is 2.36. The van der Waals surface area contributed by atoms with Crippen molar-refractivity contribution in [2.45, 2.75) is 30.8 Å². The normalized spacial score (nSPS) is 12.4. The van der Waals surface area contributed by atoms with Crippen LogP contribution in [-0.2, 0) is 6.54 Å². The van der Waals surface area contributed by atoms with Crippen LogP contribution in [0.5, 0.6) is 0 Å². The van der Waals surface area contributed by atoms with Gasteiger partial charge in [-0.05, 0) is 38.1 Å². The Bertz CT molecular complexity index is 1140. The predicted molar refractivity (Wildman–Crippen MR) is 106 cm³/mol. The molecule has 4 rings (SSSR count). The summed E-state index contributed by atoms with van der Waals surface area (Å²) in [4.78, 5) is 15.0. The van der Waals surface area contributed by atoms with E-state index in [4.69, 9.17) is 9.40 Å². The average Bonchev–Trinajstić information content (AvgIpc) is 3.32. The largest absolute Gasteiger partial charge is 0.419 e. The molecular weight excluding hydrogens is 378 g/mol. The minimum atomic E-state index is -0.443. The molecule has 0 aliphatic carbocycles. The SMILES string of the molecule is CCn1c(S[C@@H](C)c2nnc(-c3ccc([N+](=O)[O-])cc3)o2)nc2ccccc21. The van der Waals surface area contributed by atoms with Gasteiger partial charge in [0, 0.05) is 24.2 Å². The first-order chi connectivity index (χ1) is 13.6. The molecule has 0 saturated carbocycles. The lowest BCUT2D eigenvalue weighted by molar-refractivity contribution is -0.384. The maximum atomic E-state index is 10.8. The van der Waals surface area contributed by atoms with E-state index in [0.29, 0.717) is 17.3 Å². The molecule has 0 aliphatic rings. The number of imidazole rings is 1. The summed E-state index contributed by atoms with van der Waals surface area (Å²) >= 11 is 1.55. The molecule has 0 bridgehead atoms. The van der Waals surface area contributed by atoms with Crippen molar-refractivity contribution in [1.29, 1.82) is 0 Å². The van der Waals surface area contributed by atoms with E-state index in [0.717, 1.165) is 22.7 Å². The van der Waals surface area contributed by atoms with Crippen LogP contribution in [0.15, 0.2) is 58.1 Å². The first kappa shape index (κ1) is 18.2. The summed E-state index contributed by atoms with van der Waals surface area (Å²) in [6.45, 7) is 4.88. The number of thioether (sulfide) groups is 1. The number of aryl methyl sites for hydroxylation is 1. The molecule has 8 nitrogen and oxygen atoms in total. The van der Waals surface area contributed by atoms with Gasteiger partial charge >= 0.3 is 0 Å². The first-order valence-corrected chi connectivity index (χ1v) is 9.65. The zero-order valence-corrected chi connectivity index (χ0v) is 16.1. The summed E-state index contributed by atoms with van der Waals surface area (Å²) < 4.78 is 7.96. The Labute approximate surface area is 164 Å². The van der Waals surface area contributed by atoms with Crippen molar-refractivity contribution in [2.75, 3.05) is 0 Å². The third kappa shape index (κ3) is 3.36. The third-order valence-electron chi connectivity index (χ3n) is 4.33. The molecule has 0 aliphatic heterocycles. The van der Waals surface area contributed by atoms with E-state index in [1.165, 1.54) is 12.1 Å². The van der Waals surface area contributed by atoms with Gasteiger partial charge in [-0.2, -0.15) is 0 Å². The number of non-ortho nitro benzene ring substituents is 1. The Hall–Kier alpha value is -3.20. The van der Waals surface area contributed by atoms with E-state index in [1.54, 1.807) is 23.9 Å². The molecular formula is C19H17N5O3S. The summed E-state index contributed by atoms with van der Waals surface area (Å²) in [6, 6.07) is 14.1. The number of fused-ring (bicyclic) bond motifs is 1. The minimum absolute atomic E-state index is 0.0193. The van der Waals surface area contributed by atoms with Gasteiger partial charge in [-0.15, -0.1) is 10.2 Å². The van der Waals surface area contributed by atoms with Crippen LogP contribution in [0.2, 0.25) is 0 Å². The molecule has 0 N–H and O–H groups in total. The lowest BCUT2D eigenvalue weighted by atomic mass is 10.2. The van der Waals surface area contributed by atoms with Gasteiger partial charge in [0.1, 0.15) is 0 Å². The zero-order valence-electron chi connectivity index (χ0n) is 15.3. The van der Waals surface area contributed by atoms with Crippen LogP contribution in [-0.4, -0.2) is 24.7 Å². The van der Waals surface area contributed by atoms with Crippen molar-refractivity contribution in [3.05, 3.63) is 64.5 Å². The number of nitro benzene ring substituents is 1. The fourth-order valence-corrected chi connectivity index (χ4v) is 3.92. The van der Waals surface area contributed by atoms with E-state index in [2.05, 4.69) is 27.8 Å². The summed E-state index contributed by atoms with van der Waals surface area (Å²) in [5.74, 6) is 0.814. The molecule has 28 heavy (non-hydrogen) atoms. The lowest BCUT2D eigenvalue weighted by Gasteiger charge is -2.08. The fraction of sp³-hybridized carbons (Fsp3) is 0.211. The molecule has 0 radical (unpaired) electrons. The molecule has 4 aromatic rings. The van der Waals surface area contributed by atoms with Gasteiger partial charge in [0.05, 0.1) is 21.2 Å². The number of hydrogen-bond donors (Lipinski definition) is 0. The minimum Gasteiger partial charge on any atom is -0.419 e. The standard InChI is InChI=1S/C19H17N5O3S/c1-3-23-16-7-5-4-6-15(16)20-19(23)28-12(2)17-21-22-18(27-17)13-8-10-14(11-9-13)24(25)26/h4-12H,3H2,1-2H3/t12-/m0/s1. The number of para-hydroxylation sites is 2. The van der Waals surface area contributed by atoms with E-state index in [-0.39, 0.29) is 10.9 Å². The van der Waals surface area contributed by atoms with Gasteiger partial charge in [0.15, 0.2) is 5.16 Å².